The highest BCUT2D eigenvalue weighted by Gasteiger charge is 2.29. The van der Waals surface area contributed by atoms with Crippen LogP contribution in [-0.4, -0.2) is 44.7 Å². The van der Waals surface area contributed by atoms with Gasteiger partial charge in [0.15, 0.2) is 5.65 Å². The second-order valence-corrected chi connectivity index (χ2v) is 9.22. The fourth-order valence-electron chi connectivity index (χ4n) is 4.73. The molecule has 3 aromatic rings. The lowest BCUT2D eigenvalue weighted by molar-refractivity contribution is -0.122. The Morgan fingerprint density at radius 2 is 1.91 bits per heavy atom. The highest BCUT2D eigenvalue weighted by atomic mass is 35.5. The first-order valence-electron chi connectivity index (χ1n) is 11.5. The molecule has 0 spiro atoms. The van der Waals surface area contributed by atoms with Crippen molar-refractivity contribution in [3.63, 3.8) is 0 Å². The molecule has 1 aliphatic carbocycles. The third-order valence-corrected chi connectivity index (χ3v) is 6.77. The van der Waals surface area contributed by atoms with E-state index in [1.807, 2.05) is 24.3 Å². The fraction of sp³-hybridized carbons (Fsp3) is 0.478. The largest absolute Gasteiger partial charge is 0.381 e. The van der Waals surface area contributed by atoms with E-state index in [1.54, 1.807) is 6.20 Å². The van der Waals surface area contributed by atoms with Crippen LogP contribution in [-0.2, 0) is 9.53 Å². The van der Waals surface area contributed by atoms with Crippen molar-refractivity contribution in [1.82, 2.24) is 19.5 Å². The number of halogens is 1. The zero-order chi connectivity index (χ0) is 22.8. The Morgan fingerprint density at radius 1 is 1.12 bits per heavy atom. The van der Waals surface area contributed by atoms with Crippen molar-refractivity contribution in [1.29, 1.82) is 0 Å². The maximum Gasteiger partial charge on any atom is 0.224 e. The highest BCUT2D eigenvalue weighted by molar-refractivity contribution is 6.30. The maximum absolute atomic E-state index is 11.7. The number of carbonyl (C=O) groups is 1. The van der Waals surface area contributed by atoms with Gasteiger partial charge in [0.2, 0.25) is 17.8 Å². The predicted molar refractivity (Wildman–Crippen MR) is 128 cm³/mol. The van der Waals surface area contributed by atoms with Crippen LogP contribution in [0.1, 0.15) is 44.6 Å². The van der Waals surface area contributed by atoms with Gasteiger partial charge in [-0.25, -0.2) is 9.97 Å². The zero-order valence-electron chi connectivity index (χ0n) is 18.3. The summed E-state index contributed by atoms with van der Waals surface area (Å²) in [6.45, 7) is 1.49. The second-order valence-electron chi connectivity index (χ2n) is 8.78. The topological polar surface area (TPSA) is 120 Å². The molecule has 33 heavy (non-hydrogen) atoms. The second kappa shape index (κ2) is 9.52. The van der Waals surface area contributed by atoms with Crippen LogP contribution in [0.2, 0.25) is 5.02 Å². The van der Waals surface area contributed by atoms with Crippen molar-refractivity contribution in [3.05, 3.63) is 35.5 Å². The number of ether oxygens (including phenoxy) is 1. The van der Waals surface area contributed by atoms with E-state index in [0.717, 1.165) is 63.1 Å². The maximum atomic E-state index is 11.7. The van der Waals surface area contributed by atoms with Crippen LogP contribution in [0.4, 0.5) is 17.6 Å². The molecule has 1 aliphatic heterocycles. The number of fused-ring (bicyclic) bond motifs is 1. The molecule has 2 aliphatic rings. The van der Waals surface area contributed by atoms with E-state index in [1.165, 1.54) is 0 Å². The van der Waals surface area contributed by atoms with E-state index in [9.17, 15) is 4.79 Å². The average molecular weight is 470 g/mol. The number of nitrogens with one attached hydrogen (secondary N) is 2. The minimum absolute atomic E-state index is 0.0688. The summed E-state index contributed by atoms with van der Waals surface area (Å²) in [5, 5.41) is 7.50. The summed E-state index contributed by atoms with van der Waals surface area (Å²) in [5.74, 6) is 0.996. The number of primary amides is 1. The van der Waals surface area contributed by atoms with E-state index in [2.05, 4.69) is 20.2 Å². The smallest absolute Gasteiger partial charge is 0.224 e. The molecule has 1 saturated carbocycles. The summed E-state index contributed by atoms with van der Waals surface area (Å²) < 4.78 is 7.60. The molecule has 1 saturated heterocycles. The van der Waals surface area contributed by atoms with Crippen LogP contribution in [0.25, 0.3) is 11.2 Å². The molecule has 0 bridgehead atoms. The molecule has 1 aromatic carbocycles. The highest BCUT2D eigenvalue weighted by Crippen LogP contribution is 2.37. The van der Waals surface area contributed by atoms with Gasteiger partial charge in [-0.05, 0) is 56.7 Å². The molecule has 3 heterocycles. The number of hydrogen-bond acceptors (Lipinski definition) is 7. The minimum Gasteiger partial charge on any atom is -0.381 e. The van der Waals surface area contributed by atoms with E-state index < -0.39 is 0 Å². The molecule has 0 unspecified atom stereocenters. The number of carbonyl (C=O) groups excluding carboxylic acids is 1. The number of aromatic nitrogens is 4. The molecular weight excluding hydrogens is 442 g/mol. The van der Waals surface area contributed by atoms with Crippen molar-refractivity contribution in [2.75, 3.05) is 23.8 Å². The summed E-state index contributed by atoms with van der Waals surface area (Å²) in [5.41, 5.74) is 7.89. The first-order chi connectivity index (χ1) is 16.1. The number of rotatable bonds is 6. The van der Waals surface area contributed by atoms with Gasteiger partial charge in [0.25, 0.3) is 0 Å². The monoisotopic (exact) mass is 469 g/mol. The van der Waals surface area contributed by atoms with Crippen LogP contribution in [0.15, 0.2) is 30.5 Å². The quantitative estimate of drug-likeness (QED) is 0.498. The van der Waals surface area contributed by atoms with Crippen LogP contribution in [0.5, 0.6) is 0 Å². The number of benzene rings is 1. The number of hydrogen-bond donors (Lipinski definition) is 3. The minimum atomic E-state index is -0.216. The van der Waals surface area contributed by atoms with Crippen LogP contribution >= 0.6 is 11.6 Å². The Labute approximate surface area is 197 Å². The lowest BCUT2D eigenvalue weighted by Gasteiger charge is -2.29. The molecule has 2 fully saturated rings. The van der Waals surface area contributed by atoms with Gasteiger partial charge in [0, 0.05) is 41.9 Å². The van der Waals surface area contributed by atoms with Gasteiger partial charge >= 0.3 is 0 Å². The van der Waals surface area contributed by atoms with Crippen molar-refractivity contribution in [2.24, 2.45) is 11.7 Å². The Morgan fingerprint density at radius 3 is 2.64 bits per heavy atom. The van der Waals surface area contributed by atoms with E-state index >= 15 is 0 Å². The van der Waals surface area contributed by atoms with Gasteiger partial charge in [-0.2, -0.15) is 4.98 Å². The van der Waals surface area contributed by atoms with Crippen LogP contribution in [0.3, 0.4) is 0 Å². The normalized spacial score (nSPS) is 21.7. The van der Waals surface area contributed by atoms with Gasteiger partial charge in [-0.1, -0.05) is 17.7 Å². The molecular formula is C23H28ClN7O2. The van der Waals surface area contributed by atoms with Gasteiger partial charge in [0.05, 0.1) is 6.20 Å². The number of amides is 1. The summed E-state index contributed by atoms with van der Waals surface area (Å²) in [6, 6.07) is 7.98. The van der Waals surface area contributed by atoms with Crippen LogP contribution in [0, 0.1) is 5.92 Å². The number of imidazole rings is 1. The first-order valence-corrected chi connectivity index (χ1v) is 11.9. The fourth-order valence-corrected chi connectivity index (χ4v) is 4.92. The standard InChI is InChI=1S/C23H28ClN7O2/c24-15-2-1-3-17(12-15)28-23-29-19-13-26-22(27-16-8-10-33-11-9-16)30-21(19)31(23)18-6-4-14(5-7-18)20(25)32/h1-3,12-14,16,18H,4-11H2,(H2,25,32)(H,28,29)(H,26,27,30). The SMILES string of the molecule is NC(=O)C1CCC(n2c(Nc3cccc(Cl)c3)nc3cnc(NC4CCOCC4)nc32)CC1. The van der Waals surface area contributed by atoms with Gasteiger partial charge in [0.1, 0.15) is 5.52 Å². The average Bonchev–Trinajstić information content (AvgIpc) is 3.17. The number of anilines is 3. The lowest BCUT2D eigenvalue weighted by Crippen LogP contribution is -2.29. The molecule has 5 rings (SSSR count). The molecule has 9 nitrogen and oxygen atoms in total. The van der Waals surface area contributed by atoms with Crippen LogP contribution < -0.4 is 16.4 Å². The van der Waals surface area contributed by atoms with Crippen molar-refractivity contribution in [3.8, 4) is 0 Å². The third-order valence-electron chi connectivity index (χ3n) is 6.53. The van der Waals surface area contributed by atoms with Gasteiger partial charge in [-0.15, -0.1) is 0 Å². The van der Waals surface area contributed by atoms with E-state index in [0.29, 0.717) is 28.5 Å². The Hall–Kier alpha value is -2.91. The predicted octanol–water partition coefficient (Wildman–Crippen LogP) is 4.03. The Bertz CT molecular complexity index is 1140. The number of nitrogens with zero attached hydrogens (tertiary/aromatic N) is 4. The molecule has 0 radical (unpaired) electrons. The van der Waals surface area contributed by atoms with Gasteiger partial charge < -0.3 is 21.1 Å². The van der Waals surface area contributed by atoms with Crippen molar-refractivity contribution < 1.29 is 9.53 Å². The van der Waals surface area contributed by atoms with Crippen molar-refractivity contribution in [2.45, 2.75) is 50.6 Å². The first kappa shape index (κ1) is 21.9. The molecule has 174 valence electrons. The molecule has 4 N–H and O–H groups in total. The Kier molecular flexibility index (Phi) is 6.32. The van der Waals surface area contributed by atoms with Gasteiger partial charge in [-0.3, -0.25) is 9.36 Å². The molecule has 0 atom stereocenters. The number of nitrogens with two attached hydrogens (primary N) is 1. The summed E-state index contributed by atoms with van der Waals surface area (Å²) >= 11 is 6.19. The van der Waals surface area contributed by atoms with E-state index in [-0.39, 0.29) is 17.9 Å². The molecule has 1 amide bonds. The Balaban J connectivity index is 1.49. The zero-order valence-corrected chi connectivity index (χ0v) is 19.1. The molecule has 10 heteroatoms. The van der Waals surface area contributed by atoms with Crippen molar-refractivity contribution >= 4 is 46.3 Å². The molecule has 2 aromatic heterocycles. The van der Waals surface area contributed by atoms with E-state index in [4.69, 9.17) is 32.0 Å². The lowest BCUT2D eigenvalue weighted by atomic mass is 9.85. The summed E-state index contributed by atoms with van der Waals surface area (Å²) in [7, 11) is 0. The summed E-state index contributed by atoms with van der Waals surface area (Å²) in [4.78, 5) is 25.8. The summed E-state index contributed by atoms with van der Waals surface area (Å²) in [6.07, 6.45) is 6.80. The third kappa shape index (κ3) is 4.89.